The van der Waals surface area contributed by atoms with E-state index in [1.165, 1.54) is 12.3 Å². The molecule has 23 heavy (non-hydrogen) atoms. The van der Waals surface area contributed by atoms with Crippen LogP contribution in [0.4, 0.5) is 13.2 Å². The molecule has 122 valence electrons. The summed E-state index contributed by atoms with van der Waals surface area (Å²) in [6.07, 6.45) is -3.74. The Morgan fingerprint density at radius 1 is 1.17 bits per heavy atom. The molecule has 2 rings (SSSR count). The maximum atomic E-state index is 12.9. The molecule has 0 saturated carbocycles. The molecule has 0 N–H and O–H groups in total. The van der Waals surface area contributed by atoms with Crippen molar-refractivity contribution in [2.45, 2.75) is 25.1 Å². The second kappa shape index (κ2) is 7.51. The van der Waals surface area contributed by atoms with Gasteiger partial charge in [-0.25, -0.2) is 0 Å². The highest BCUT2D eigenvalue weighted by atomic mass is 35.5. The molecule has 6 heteroatoms. The first-order valence-electron chi connectivity index (χ1n) is 6.92. The van der Waals surface area contributed by atoms with Gasteiger partial charge in [0.2, 0.25) is 0 Å². The zero-order valence-electron chi connectivity index (χ0n) is 12.3. The van der Waals surface area contributed by atoms with E-state index in [4.69, 9.17) is 16.4 Å². The fraction of sp³-hybridized carbons (Fsp3) is 0.235. The number of hydrogen-bond acceptors (Lipinski definition) is 2. The molecule has 0 amide bonds. The molecule has 0 radical (unpaired) electrons. The third-order valence-corrected chi connectivity index (χ3v) is 3.56. The van der Waals surface area contributed by atoms with E-state index in [9.17, 15) is 13.2 Å². The average Bonchev–Trinajstić information content (AvgIpc) is 2.55. The van der Waals surface area contributed by atoms with Crippen molar-refractivity contribution >= 4 is 17.8 Å². The van der Waals surface area contributed by atoms with Crippen LogP contribution in [0.15, 0.2) is 53.7 Å². The number of oxime groups is 1. The van der Waals surface area contributed by atoms with Gasteiger partial charge in [-0.1, -0.05) is 41.6 Å². The van der Waals surface area contributed by atoms with E-state index in [-0.39, 0.29) is 5.88 Å². The van der Waals surface area contributed by atoms with Crippen molar-refractivity contribution in [3.63, 3.8) is 0 Å². The van der Waals surface area contributed by atoms with E-state index in [2.05, 4.69) is 5.16 Å². The van der Waals surface area contributed by atoms with Gasteiger partial charge in [-0.15, -0.1) is 11.6 Å². The van der Waals surface area contributed by atoms with Gasteiger partial charge in [-0.3, -0.25) is 0 Å². The number of halogens is 4. The zero-order chi connectivity index (χ0) is 16.9. The van der Waals surface area contributed by atoms with Gasteiger partial charge in [0.05, 0.1) is 5.56 Å². The van der Waals surface area contributed by atoms with Crippen molar-refractivity contribution in [1.29, 1.82) is 0 Å². The minimum Gasteiger partial charge on any atom is -0.383 e. The summed E-state index contributed by atoms with van der Waals surface area (Å²) in [5, 5.41) is 3.74. The molecular weight excluding hydrogens is 327 g/mol. The Labute approximate surface area is 137 Å². The molecule has 0 bridgehead atoms. The van der Waals surface area contributed by atoms with Crippen LogP contribution in [0, 0.1) is 0 Å². The maximum absolute atomic E-state index is 12.9. The summed E-state index contributed by atoms with van der Waals surface area (Å²) >= 11 is 5.93. The molecule has 2 aromatic rings. The predicted octanol–water partition coefficient (Wildman–Crippen LogP) is 5.56. The highest BCUT2D eigenvalue weighted by Gasteiger charge is 2.31. The summed E-state index contributed by atoms with van der Waals surface area (Å²) in [6, 6.07) is 12.2. The molecule has 1 atom stereocenters. The minimum absolute atomic E-state index is 0.227. The van der Waals surface area contributed by atoms with Crippen LogP contribution >= 0.6 is 11.6 Å². The van der Waals surface area contributed by atoms with Crippen molar-refractivity contribution in [3.05, 3.63) is 70.8 Å². The molecule has 2 aromatic carbocycles. The molecular formula is C17H15ClF3NO. The standard InChI is InChI=1S/C17H15ClF3NO/c1-2-22-23-16(15-9-4-3-6-13(15)11-18)12-7-5-8-14(10-12)17(19,20)21/h2-10,16H,11H2,1H3. The smallest absolute Gasteiger partial charge is 0.383 e. The van der Waals surface area contributed by atoms with Crippen LogP contribution in [0.3, 0.4) is 0 Å². The molecule has 0 saturated heterocycles. The number of alkyl halides is 4. The van der Waals surface area contributed by atoms with Gasteiger partial charge >= 0.3 is 6.18 Å². The molecule has 0 aliphatic rings. The second-order valence-corrected chi connectivity index (χ2v) is 5.07. The normalized spacial score (nSPS) is 13.3. The first-order valence-corrected chi connectivity index (χ1v) is 7.45. The summed E-state index contributed by atoms with van der Waals surface area (Å²) in [5.74, 6) is 0.227. The lowest BCUT2D eigenvalue weighted by Crippen LogP contribution is -2.10. The van der Waals surface area contributed by atoms with Crippen molar-refractivity contribution in [2.75, 3.05) is 0 Å². The van der Waals surface area contributed by atoms with E-state index in [0.29, 0.717) is 11.1 Å². The van der Waals surface area contributed by atoms with Crippen LogP contribution in [0.1, 0.15) is 35.3 Å². The number of hydrogen-bond donors (Lipinski definition) is 0. The van der Waals surface area contributed by atoms with Gasteiger partial charge in [0.1, 0.15) is 0 Å². The van der Waals surface area contributed by atoms with Gasteiger partial charge in [0.15, 0.2) is 6.10 Å². The first kappa shape index (κ1) is 17.3. The fourth-order valence-electron chi connectivity index (χ4n) is 2.21. The van der Waals surface area contributed by atoms with Crippen LogP contribution in [-0.2, 0) is 16.9 Å². The highest BCUT2D eigenvalue weighted by Crippen LogP contribution is 2.34. The second-order valence-electron chi connectivity index (χ2n) is 4.80. The summed E-state index contributed by atoms with van der Waals surface area (Å²) in [5.41, 5.74) is 1.10. The molecule has 0 aliphatic heterocycles. The van der Waals surface area contributed by atoms with Gasteiger partial charge in [0, 0.05) is 23.2 Å². The molecule has 0 fully saturated rings. The van der Waals surface area contributed by atoms with Crippen LogP contribution in [0.25, 0.3) is 0 Å². The monoisotopic (exact) mass is 341 g/mol. The van der Waals surface area contributed by atoms with Crippen molar-refractivity contribution < 1.29 is 18.0 Å². The van der Waals surface area contributed by atoms with Gasteiger partial charge < -0.3 is 4.84 Å². The van der Waals surface area contributed by atoms with Crippen molar-refractivity contribution in [2.24, 2.45) is 5.16 Å². The van der Waals surface area contributed by atoms with E-state index in [0.717, 1.165) is 17.7 Å². The Bertz CT molecular complexity index is 686. The summed E-state index contributed by atoms with van der Waals surface area (Å²) in [7, 11) is 0. The third-order valence-electron chi connectivity index (χ3n) is 3.27. The Hall–Kier alpha value is -2.01. The maximum Gasteiger partial charge on any atom is 0.416 e. The highest BCUT2D eigenvalue weighted by molar-refractivity contribution is 6.17. The zero-order valence-corrected chi connectivity index (χ0v) is 13.1. The first-order chi connectivity index (χ1) is 11.0. The minimum atomic E-state index is -4.42. The fourth-order valence-corrected chi connectivity index (χ4v) is 2.45. The number of benzene rings is 2. The Morgan fingerprint density at radius 3 is 2.57 bits per heavy atom. The van der Waals surface area contributed by atoms with Crippen LogP contribution in [-0.4, -0.2) is 6.21 Å². The third kappa shape index (κ3) is 4.26. The lowest BCUT2D eigenvalue weighted by atomic mass is 9.96. The Morgan fingerprint density at radius 2 is 1.91 bits per heavy atom. The van der Waals surface area contributed by atoms with Crippen molar-refractivity contribution in [1.82, 2.24) is 0 Å². The predicted molar refractivity (Wildman–Crippen MR) is 84.5 cm³/mol. The average molecular weight is 342 g/mol. The van der Waals surface area contributed by atoms with Gasteiger partial charge in [-0.05, 0) is 24.6 Å². The molecule has 0 spiro atoms. The Balaban J connectivity index is 2.51. The number of rotatable bonds is 5. The summed E-state index contributed by atoms with van der Waals surface area (Å²) < 4.78 is 38.8. The van der Waals surface area contributed by atoms with Gasteiger partial charge in [-0.2, -0.15) is 13.2 Å². The molecule has 0 heterocycles. The lowest BCUT2D eigenvalue weighted by Gasteiger charge is -2.19. The quantitative estimate of drug-likeness (QED) is 0.396. The van der Waals surface area contributed by atoms with Crippen LogP contribution < -0.4 is 0 Å². The lowest BCUT2D eigenvalue weighted by molar-refractivity contribution is -0.137. The summed E-state index contributed by atoms with van der Waals surface area (Å²) in [6.45, 7) is 1.66. The topological polar surface area (TPSA) is 21.6 Å². The van der Waals surface area contributed by atoms with E-state index in [1.807, 2.05) is 12.1 Å². The van der Waals surface area contributed by atoms with Crippen LogP contribution in [0.2, 0.25) is 0 Å². The van der Waals surface area contributed by atoms with Crippen molar-refractivity contribution in [3.8, 4) is 0 Å². The molecule has 2 nitrogen and oxygen atoms in total. The molecule has 1 unspecified atom stereocenters. The van der Waals surface area contributed by atoms with E-state index in [1.54, 1.807) is 25.1 Å². The van der Waals surface area contributed by atoms with Gasteiger partial charge in [0.25, 0.3) is 0 Å². The van der Waals surface area contributed by atoms with Crippen LogP contribution in [0.5, 0.6) is 0 Å². The summed E-state index contributed by atoms with van der Waals surface area (Å²) in [4.78, 5) is 5.42. The number of nitrogens with zero attached hydrogens (tertiary/aromatic N) is 1. The molecule has 0 aromatic heterocycles. The largest absolute Gasteiger partial charge is 0.416 e. The SMILES string of the molecule is CC=NOC(c1cccc(C(F)(F)F)c1)c1ccccc1CCl. The molecule has 0 aliphatic carbocycles. The van der Waals surface area contributed by atoms with E-state index < -0.39 is 17.8 Å². The Kier molecular flexibility index (Phi) is 5.66. The van der Waals surface area contributed by atoms with E-state index >= 15 is 0 Å².